The number of carbonyl (C=O) groups is 3. The number of hydrogen-bond donors (Lipinski definition) is 2. The smallest absolute Gasteiger partial charge is 0.331 e. The van der Waals surface area contributed by atoms with E-state index in [4.69, 9.17) is 4.74 Å². The lowest BCUT2D eigenvalue weighted by molar-refractivity contribution is -0.143. The number of nitrogens with one attached hydrogen (secondary N) is 2. The maximum Gasteiger partial charge on any atom is 0.331 e. The fraction of sp³-hybridized carbons (Fsp3) is 0.353. The summed E-state index contributed by atoms with van der Waals surface area (Å²) < 4.78 is 4.77. The summed E-state index contributed by atoms with van der Waals surface area (Å²) in [5.41, 5.74) is 1.94. The zero-order valence-electron chi connectivity index (χ0n) is 13.6. The van der Waals surface area contributed by atoms with Gasteiger partial charge in [-0.25, -0.2) is 9.59 Å². The molecule has 0 aliphatic rings. The third-order valence-corrected chi connectivity index (χ3v) is 3.04. The maximum absolute atomic E-state index is 11.5. The van der Waals surface area contributed by atoms with Crippen LogP contribution in [0.1, 0.15) is 31.4 Å². The Morgan fingerprint density at radius 3 is 2.70 bits per heavy atom. The highest BCUT2D eigenvalue weighted by Gasteiger charge is 2.11. The van der Waals surface area contributed by atoms with Crippen LogP contribution in [0.4, 0.5) is 4.79 Å². The van der Waals surface area contributed by atoms with Crippen molar-refractivity contribution in [3.8, 4) is 0 Å². The second-order valence-electron chi connectivity index (χ2n) is 5.19. The molecule has 1 aromatic carbocycles. The van der Waals surface area contributed by atoms with E-state index in [0.29, 0.717) is 0 Å². The fourth-order valence-corrected chi connectivity index (χ4v) is 1.65. The summed E-state index contributed by atoms with van der Waals surface area (Å²) in [7, 11) is 0. The molecule has 6 nitrogen and oxygen atoms in total. The first-order chi connectivity index (χ1) is 10.9. The second-order valence-corrected chi connectivity index (χ2v) is 5.19. The molecule has 0 aliphatic heterocycles. The Balaban J connectivity index is 2.35. The number of imide groups is 1. The van der Waals surface area contributed by atoms with Gasteiger partial charge in [-0.05, 0) is 31.9 Å². The zero-order chi connectivity index (χ0) is 17.2. The van der Waals surface area contributed by atoms with E-state index < -0.39 is 24.5 Å². The first-order valence-electron chi connectivity index (χ1n) is 7.42. The van der Waals surface area contributed by atoms with Crippen molar-refractivity contribution < 1.29 is 19.1 Å². The van der Waals surface area contributed by atoms with Crippen LogP contribution in [0.15, 0.2) is 30.3 Å². The van der Waals surface area contributed by atoms with E-state index in [-0.39, 0.29) is 6.04 Å². The summed E-state index contributed by atoms with van der Waals surface area (Å²) in [5, 5.41) is 4.67. The van der Waals surface area contributed by atoms with Crippen LogP contribution in [0.5, 0.6) is 0 Å². The minimum atomic E-state index is -0.678. The summed E-state index contributed by atoms with van der Waals surface area (Å²) in [6, 6.07) is 6.95. The summed E-state index contributed by atoms with van der Waals surface area (Å²) in [4.78, 5) is 34.4. The van der Waals surface area contributed by atoms with Gasteiger partial charge in [0.25, 0.3) is 5.91 Å². The monoisotopic (exact) mass is 318 g/mol. The maximum atomic E-state index is 11.5. The van der Waals surface area contributed by atoms with Crippen molar-refractivity contribution in [2.75, 3.05) is 6.61 Å². The summed E-state index contributed by atoms with van der Waals surface area (Å²) in [6.07, 6.45) is 3.59. The van der Waals surface area contributed by atoms with E-state index in [9.17, 15) is 14.4 Å². The van der Waals surface area contributed by atoms with Gasteiger partial charge in [-0.2, -0.15) is 0 Å². The van der Waals surface area contributed by atoms with Crippen molar-refractivity contribution in [2.24, 2.45) is 0 Å². The minimum absolute atomic E-state index is 0.0392. The Hall–Kier alpha value is -2.63. The van der Waals surface area contributed by atoms with Gasteiger partial charge < -0.3 is 10.1 Å². The van der Waals surface area contributed by atoms with Crippen molar-refractivity contribution in [1.82, 2.24) is 10.6 Å². The molecule has 1 atom stereocenters. The van der Waals surface area contributed by atoms with Crippen molar-refractivity contribution in [3.05, 3.63) is 41.5 Å². The Morgan fingerprint density at radius 1 is 1.30 bits per heavy atom. The van der Waals surface area contributed by atoms with E-state index in [1.165, 1.54) is 6.08 Å². The molecule has 23 heavy (non-hydrogen) atoms. The number of ether oxygens (including phenoxy) is 1. The molecular weight excluding hydrogens is 296 g/mol. The highest BCUT2D eigenvalue weighted by atomic mass is 16.5. The molecule has 6 heteroatoms. The number of aryl methyl sites for hydroxylation is 1. The van der Waals surface area contributed by atoms with E-state index >= 15 is 0 Å². The third kappa shape index (κ3) is 7.80. The molecule has 1 rings (SSSR count). The second kappa shape index (κ2) is 9.40. The van der Waals surface area contributed by atoms with E-state index in [0.717, 1.165) is 17.5 Å². The van der Waals surface area contributed by atoms with Gasteiger partial charge >= 0.3 is 12.0 Å². The zero-order valence-corrected chi connectivity index (χ0v) is 13.6. The molecule has 124 valence electrons. The number of carbonyl (C=O) groups excluding carboxylic acids is 3. The average Bonchev–Trinajstić information content (AvgIpc) is 2.50. The van der Waals surface area contributed by atoms with Crippen LogP contribution < -0.4 is 10.6 Å². The molecule has 0 unspecified atom stereocenters. The molecule has 2 N–H and O–H groups in total. The standard InChI is InChI=1S/C17H22N2O4/c1-4-13(3)18-17(22)19-15(20)11-23-16(21)9-8-14-7-5-6-12(2)10-14/h5-10,13H,4,11H2,1-3H3,(H2,18,19,20,22)/b9-8+/t13-/m0/s1. The third-order valence-electron chi connectivity index (χ3n) is 3.04. The molecule has 0 bridgehead atoms. The van der Waals surface area contributed by atoms with Crippen LogP contribution in [0.2, 0.25) is 0 Å². The summed E-state index contributed by atoms with van der Waals surface area (Å²) in [5.74, 6) is -1.33. The van der Waals surface area contributed by atoms with Crippen molar-refractivity contribution in [2.45, 2.75) is 33.2 Å². The van der Waals surface area contributed by atoms with Crippen LogP contribution in [0.25, 0.3) is 6.08 Å². The van der Waals surface area contributed by atoms with Crippen LogP contribution >= 0.6 is 0 Å². The lowest BCUT2D eigenvalue weighted by Crippen LogP contribution is -2.44. The highest BCUT2D eigenvalue weighted by Crippen LogP contribution is 2.05. The van der Waals surface area contributed by atoms with E-state index in [1.807, 2.05) is 45.0 Å². The number of hydrogen-bond acceptors (Lipinski definition) is 4. The lowest BCUT2D eigenvalue weighted by atomic mass is 10.1. The quantitative estimate of drug-likeness (QED) is 0.622. The summed E-state index contributed by atoms with van der Waals surface area (Å²) in [6.45, 7) is 5.17. The predicted octanol–water partition coefficient (Wildman–Crippen LogP) is 2.18. The van der Waals surface area contributed by atoms with Crippen LogP contribution in [-0.2, 0) is 14.3 Å². The van der Waals surface area contributed by atoms with Crippen molar-refractivity contribution in [1.29, 1.82) is 0 Å². The van der Waals surface area contributed by atoms with Crippen LogP contribution in [-0.4, -0.2) is 30.6 Å². The Kier molecular flexibility index (Phi) is 7.53. The molecule has 0 saturated carbocycles. The molecule has 0 heterocycles. The first kappa shape index (κ1) is 18.4. The molecular formula is C17H22N2O4. The molecule has 0 spiro atoms. The summed E-state index contributed by atoms with van der Waals surface area (Å²) >= 11 is 0. The molecule has 3 amide bonds. The van der Waals surface area contributed by atoms with Gasteiger partial charge in [0.1, 0.15) is 0 Å². The molecule has 1 aromatic rings. The van der Waals surface area contributed by atoms with Gasteiger partial charge in [-0.1, -0.05) is 36.8 Å². The van der Waals surface area contributed by atoms with Crippen molar-refractivity contribution in [3.63, 3.8) is 0 Å². The molecule has 0 radical (unpaired) electrons. The van der Waals surface area contributed by atoms with Gasteiger partial charge in [-0.15, -0.1) is 0 Å². The minimum Gasteiger partial charge on any atom is -0.452 e. The fourth-order valence-electron chi connectivity index (χ4n) is 1.65. The number of rotatable bonds is 6. The van der Waals surface area contributed by atoms with Crippen LogP contribution in [0, 0.1) is 6.92 Å². The number of amides is 3. The topological polar surface area (TPSA) is 84.5 Å². The molecule has 0 saturated heterocycles. The lowest BCUT2D eigenvalue weighted by Gasteiger charge is -2.11. The van der Waals surface area contributed by atoms with Gasteiger partial charge in [0.2, 0.25) is 0 Å². The Morgan fingerprint density at radius 2 is 2.04 bits per heavy atom. The van der Waals surface area contributed by atoms with Gasteiger partial charge in [0.05, 0.1) is 0 Å². The van der Waals surface area contributed by atoms with Crippen LogP contribution in [0.3, 0.4) is 0 Å². The SMILES string of the molecule is CC[C@H](C)NC(=O)NC(=O)COC(=O)/C=C/c1cccc(C)c1. The van der Waals surface area contributed by atoms with Gasteiger partial charge in [0, 0.05) is 12.1 Å². The van der Waals surface area contributed by atoms with Crippen molar-refractivity contribution >= 4 is 24.0 Å². The number of esters is 1. The van der Waals surface area contributed by atoms with Gasteiger partial charge in [-0.3, -0.25) is 10.1 Å². The average molecular weight is 318 g/mol. The largest absolute Gasteiger partial charge is 0.452 e. The molecule has 0 aromatic heterocycles. The van der Waals surface area contributed by atoms with E-state index in [1.54, 1.807) is 6.08 Å². The van der Waals surface area contributed by atoms with Gasteiger partial charge in [0.15, 0.2) is 6.61 Å². The first-order valence-corrected chi connectivity index (χ1v) is 7.42. The molecule has 0 aliphatic carbocycles. The predicted molar refractivity (Wildman–Crippen MR) is 87.6 cm³/mol. The Labute approximate surface area is 135 Å². The Bertz CT molecular complexity index is 596. The normalized spacial score (nSPS) is 11.8. The number of urea groups is 1. The highest BCUT2D eigenvalue weighted by molar-refractivity contribution is 5.96. The number of benzene rings is 1. The van der Waals surface area contributed by atoms with E-state index in [2.05, 4.69) is 10.6 Å². The molecule has 0 fully saturated rings.